The number of ether oxygens (including phenoxy) is 1. The number of carbonyl (C=O) groups excluding carboxylic acids is 1. The molecule has 0 unspecified atom stereocenters. The molecule has 3 N–H and O–H groups in total. The molecule has 0 aromatic rings. The van der Waals surface area contributed by atoms with Crippen LogP contribution in [0.2, 0.25) is 0 Å². The van der Waals surface area contributed by atoms with Crippen molar-refractivity contribution < 1.29 is 9.53 Å². The summed E-state index contributed by atoms with van der Waals surface area (Å²) in [6.07, 6.45) is 3.29. The number of alkyl carbamates (subject to hydrolysis) is 1. The van der Waals surface area contributed by atoms with Crippen molar-refractivity contribution in [2.24, 2.45) is 10.9 Å². The average molecular weight is 526 g/mol. The van der Waals surface area contributed by atoms with Crippen molar-refractivity contribution in [2.45, 2.75) is 78.9 Å². The number of hydrogen-bond donors (Lipinski definition) is 3. The molecule has 0 atom stereocenters. The highest BCUT2D eigenvalue weighted by Gasteiger charge is 2.25. The summed E-state index contributed by atoms with van der Waals surface area (Å²) in [5.41, 5.74) is -0.997. The highest BCUT2D eigenvalue weighted by molar-refractivity contribution is 14.0. The quantitative estimate of drug-likeness (QED) is 0.257. The van der Waals surface area contributed by atoms with E-state index in [1.54, 1.807) is 0 Å². The van der Waals surface area contributed by atoms with Gasteiger partial charge in [0.2, 0.25) is 0 Å². The molecule has 172 valence electrons. The SMILES string of the molecule is CCCN1CCC(CNC(=NCC(C)(C)NC(=O)OC(C)(C)C)NCC)CC1.I. The van der Waals surface area contributed by atoms with Crippen molar-refractivity contribution in [3.8, 4) is 0 Å². The van der Waals surface area contributed by atoms with E-state index in [2.05, 4.69) is 39.7 Å². The number of piperidine rings is 1. The molecule has 0 spiro atoms. The standard InChI is InChI=1S/C21H43N5O2.HI/c1-8-12-26-13-10-17(11-14-26)15-23-18(22-9-2)24-16-21(6,7)25-19(27)28-20(3,4)5;/h17H,8-16H2,1-7H3,(H,25,27)(H2,22,23,24);1H. The third-order valence-electron chi connectivity index (χ3n) is 4.62. The Balaban J connectivity index is 0.00000784. The number of amides is 1. The highest BCUT2D eigenvalue weighted by atomic mass is 127. The van der Waals surface area contributed by atoms with Crippen LogP contribution in [0, 0.1) is 5.92 Å². The number of aliphatic imine (C=N–C) groups is 1. The van der Waals surface area contributed by atoms with Crippen molar-refractivity contribution in [3.63, 3.8) is 0 Å². The molecule has 0 aromatic heterocycles. The summed E-state index contributed by atoms with van der Waals surface area (Å²) >= 11 is 0. The van der Waals surface area contributed by atoms with Gasteiger partial charge in [-0.1, -0.05) is 6.92 Å². The normalized spacial score (nSPS) is 16.7. The van der Waals surface area contributed by atoms with Crippen LogP contribution < -0.4 is 16.0 Å². The minimum atomic E-state index is -0.507. The van der Waals surface area contributed by atoms with Crippen molar-refractivity contribution >= 4 is 36.0 Å². The zero-order valence-electron chi connectivity index (χ0n) is 19.6. The summed E-state index contributed by atoms with van der Waals surface area (Å²) in [4.78, 5) is 19.3. The zero-order valence-corrected chi connectivity index (χ0v) is 21.9. The van der Waals surface area contributed by atoms with Crippen LogP contribution >= 0.6 is 24.0 Å². The number of nitrogens with zero attached hydrogens (tertiary/aromatic N) is 2. The molecule has 1 amide bonds. The van der Waals surface area contributed by atoms with Gasteiger partial charge in [0.05, 0.1) is 12.1 Å². The Morgan fingerprint density at radius 1 is 1.10 bits per heavy atom. The lowest BCUT2D eigenvalue weighted by Crippen LogP contribution is -2.49. The molecule has 8 heteroatoms. The van der Waals surface area contributed by atoms with Crippen LogP contribution in [0.1, 0.15) is 67.7 Å². The van der Waals surface area contributed by atoms with Gasteiger partial charge in [0.15, 0.2) is 5.96 Å². The van der Waals surface area contributed by atoms with E-state index in [4.69, 9.17) is 4.74 Å². The zero-order chi connectivity index (χ0) is 21.2. The molecule has 0 bridgehead atoms. The first-order chi connectivity index (χ1) is 13.0. The molecule has 0 radical (unpaired) electrons. The Morgan fingerprint density at radius 3 is 2.24 bits per heavy atom. The smallest absolute Gasteiger partial charge is 0.408 e. The summed E-state index contributed by atoms with van der Waals surface area (Å²) in [6.45, 7) is 19.6. The summed E-state index contributed by atoms with van der Waals surface area (Å²) < 4.78 is 5.35. The fraction of sp³-hybridized carbons (Fsp3) is 0.905. The molecule has 1 aliphatic heterocycles. The van der Waals surface area contributed by atoms with Gasteiger partial charge in [-0.15, -0.1) is 24.0 Å². The Bertz CT molecular complexity index is 498. The van der Waals surface area contributed by atoms with E-state index in [0.29, 0.717) is 12.5 Å². The monoisotopic (exact) mass is 525 g/mol. The van der Waals surface area contributed by atoms with Crippen molar-refractivity contribution in [3.05, 3.63) is 0 Å². The predicted molar refractivity (Wildman–Crippen MR) is 132 cm³/mol. The maximum Gasteiger partial charge on any atom is 0.408 e. The second-order valence-electron chi connectivity index (χ2n) is 9.37. The molecule has 1 rings (SSSR count). The fourth-order valence-corrected chi connectivity index (χ4v) is 3.21. The van der Waals surface area contributed by atoms with Gasteiger partial charge in [-0.25, -0.2) is 4.79 Å². The second-order valence-corrected chi connectivity index (χ2v) is 9.37. The number of likely N-dealkylation sites (tertiary alicyclic amines) is 1. The number of nitrogens with one attached hydrogen (secondary N) is 3. The number of carbonyl (C=O) groups is 1. The first-order valence-electron chi connectivity index (χ1n) is 10.8. The first kappa shape index (κ1) is 28.2. The van der Waals surface area contributed by atoms with Gasteiger partial charge < -0.3 is 25.6 Å². The molecule has 1 saturated heterocycles. The van der Waals surface area contributed by atoms with Gasteiger partial charge in [0.25, 0.3) is 0 Å². The largest absolute Gasteiger partial charge is 0.444 e. The summed E-state index contributed by atoms with van der Waals surface area (Å²) in [5, 5.41) is 9.68. The van der Waals surface area contributed by atoms with Gasteiger partial charge in [-0.2, -0.15) is 0 Å². The van der Waals surface area contributed by atoms with Crippen LogP contribution in [0.4, 0.5) is 4.79 Å². The number of rotatable bonds is 8. The van der Waals surface area contributed by atoms with Crippen molar-refractivity contribution in [2.75, 3.05) is 39.3 Å². The van der Waals surface area contributed by atoms with Crippen LogP contribution in [0.25, 0.3) is 0 Å². The summed E-state index contributed by atoms with van der Waals surface area (Å²) in [7, 11) is 0. The minimum absolute atomic E-state index is 0. The number of halogens is 1. The van der Waals surface area contributed by atoms with E-state index in [1.807, 2.05) is 34.6 Å². The average Bonchev–Trinajstić information content (AvgIpc) is 2.56. The van der Waals surface area contributed by atoms with Crippen LogP contribution in [0.3, 0.4) is 0 Å². The Morgan fingerprint density at radius 2 is 1.72 bits per heavy atom. The highest BCUT2D eigenvalue weighted by Crippen LogP contribution is 2.16. The fourth-order valence-electron chi connectivity index (χ4n) is 3.21. The van der Waals surface area contributed by atoms with E-state index in [-0.39, 0.29) is 24.0 Å². The van der Waals surface area contributed by atoms with Gasteiger partial charge in [-0.3, -0.25) is 4.99 Å². The lowest BCUT2D eigenvalue weighted by atomic mass is 9.97. The van der Waals surface area contributed by atoms with Gasteiger partial charge >= 0.3 is 6.09 Å². The van der Waals surface area contributed by atoms with E-state index in [1.165, 1.54) is 38.9 Å². The molecule has 0 aromatic carbocycles. The topological polar surface area (TPSA) is 78.0 Å². The number of hydrogen-bond acceptors (Lipinski definition) is 4. The third-order valence-corrected chi connectivity index (χ3v) is 4.62. The van der Waals surface area contributed by atoms with Crippen LogP contribution in [-0.4, -0.2) is 67.4 Å². The third kappa shape index (κ3) is 13.2. The van der Waals surface area contributed by atoms with E-state index in [9.17, 15) is 4.79 Å². The first-order valence-corrected chi connectivity index (χ1v) is 10.8. The Labute approximate surface area is 195 Å². The van der Waals surface area contributed by atoms with Gasteiger partial charge in [0, 0.05) is 13.1 Å². The number of guanidine groups is 1. The van der Waals surface area contributed by atoms with E-state index < -0.39 is 17.2 Å². The molecule has 0 saturated carbocycles. The molecule has 1 aliphatic rings. The summed E-state index contributed by atoms with van der Waals surface area (Å²) in [5.74, 6) is 1.49. The molecule has 0 aliphatic carbocycles. The van der Waals surface area contributed by atoms with E-state index >= 15 is 0 Å². The molecular formula is C21H44IN5O2. The van der Waals surface area contributed by atoms with Gasteiger partial charge in [-0.05, 0) is 86.4 Å². The Kier molecular flexibility index (Phi) is 13.2. The molecular weight excluding hydrogens is 481 g/mol. The van der Waals surface area contributed by atoms with Crippen LogP contribution in [0.5, 0.6) is 0 Å². The van der Waals surface area contributed by atoms with Crippen LogP contribution in [0.15, 0.2) is 4.99 Å². The maximum atomic E-state index is 12.0. The molecule has 7 nitrogen and oxygen atoms in total. The van der Waals surface area contributed by atoms with Crippen molar-refractivity contribution in [1.29, 1.82) is 0 Å². The predicted octanol–water partition coefficient (Wildman–Crippen LogP) is 3.58. The second kappa shape index (κ2) is 13.5. The molecule has 1 heterocycles. The van der Waals surface area contributed by atoms with E-state index in [0.717, 1.165) is 19.0 Å². The minimum Gasteiger partial charge on any atom is -0.444 e. The van der Waals surface area contributed by atoms with Crippen molar-refractivity contribution in [1.82, 2.24) is 20.9 Å². The summed E-state index contributed by atoms with van der Waals surface area (Å²) in [6, 6.07) is 0. The lowest BCUT2D eigenvalue weighted by molar-refractivity contribution is 0.0476. The molecule has 1 fully saturated rings. The van der Waals surface area contributed by atoms with Crippen LogP contribution in [-0.2, 0) is 4.74 Å². The maximum absolute atomic E-state index is 12.0. The lowest BCUT2D eigenvalue weighted by Gasteiger charge is -2.32. The molecule has 29 heavy (non-hydrogen) atoms. The Hall–Kier alpha value is -0.770. The van der Waals surface area contributed by atoms with Gasteiger partial charge in [0.1, 0.15) is 5.60 Å².